The van der Waals surface area contributed by atoms with E-state index in [0.29, 0.717) is 0 Å². The van der Waals surface area contributed by atoms with Crippen molar-refractivity contribution in [2.24, 2.45) is 5.73 Å². The first kappa shape index (κ1) is 27.2. The molecule has 13 heteroatoms. The highest BCUT2D eigenvalue weighted by Crippen LogP contribution is 2.39. The number of rotatable bonds is 9. The van der Waals surface area contributed by atoms with Gasteiger partial charge < -0.3 is 30.0 Å². The number of ether oxygens (including phenoxy) is 4. The SMILES string of the molecule is COC(=O)C1=C(C)NC(COC(C)OCCN)C(C(=O)OC)=C1c1c(F)c(F)c(F)c(F)c1F. The van der Waals surface area contributed by atoms with Crippen molar-refractivity contribution in [2.45, 2.75) is 26.2 Å². The van der Waals surface area contributed by atoms with Crippen molar-refractivity contribution in [3.05, 3.63) is 51.5 Å². The Morgan fingerprint density at radius 1 is 0.941 bits per heavy atom. The van der Waals surface area contributed by atoms with Gasteiger partial charge in [-0.05, 0) is 13.8 Å². The number of nitrogens with two attached hydrogens (primary N) is 1. The van der Waals surface area contributed by atoms with Crippen LogP contribution in [0.25, 0.3) is 5.57 Å². The standard InChI is InChI=1S/C21H23F5N2O6/c1-8-11(20(29)31-3)13(14-15(22)17(24)19(26)18(25)16(14)23)12(21(30)32-4)10(28-8)7-34-9(2)33-6-5-27/h9-10,28H,5-7,27H2,1-4H3. The summed E-state index contributed by atoms with van der Waals surface area (Å²) in [4.78, 5) is 25.2. The lowest BCUT2D eigenvalue weighted by Crippen LogP contribution is -2.43. The molecule has 0 bridgehead atoms. The molecule has 3 N–H and O–H groups in total. The zero-order valence-corrected chi connectivity index (χ0v) is 18.7. The van der Waals surface area contributed by atoms with Gasteiger partial charge in [-0.15, -0.1) is 0 Å². The van der Waals surface area contributed by atoms with E-state index < -0.39 is 75.6 Å². The number of allylic oxidation sites excluding steroid dienone is 1. The summed E-state index contributed by atoms with van der Waals surface area (Å²) in [5.41, 5.74) is 1.64. The second-order valence-electron chi connectivity index (χ2n) is 6.97. The Labute approximate surface area is 191 Å². The zero-order chi connectivity index (χ0) is 25.7. The minimum absolute atomic E-state index is 0.0809. The van der Waals surface area contributed by atoms with Gasteiger partial charge in [-0.25, -0.2) is 31.5 Å². The average molecular weight is 494 g/mol. The summed E-state index contributed by atoms with van der Waals surface area (Å²) < 4.78 is 91.4. The predicted molar refractivity (Wildman–Crippen MR) is 107 cm³/mol. The number of halogens is 5. The van der Waals surface area contributed by atoms with Gasteiger partial charge >= 0.3 is 11.9 Å². The van der Waals surface area contributed by atoms with Gasteiger partial charge in [0.05, 0.1) is 50.2 Å². The summed E-state index contributed by atoms with van der Waals surface area (Å²) in [6, 6.07) is -1.24. The van der Waals surface area contributed by atoms with Crippen molar-refractivity contribution >= 4 is 17.5 Å². The van der Waals surface area contributed by atoms with Crippen LogP contribution in [0.15, 0.2) is 16.8 Å². The molecule has 2 unspecified atom stereocenters. The number of methoxy groups -OCH3 is 2. The van der Waals surface area contributed by atoms with E-state index in [1.165, 1.54) is 13.8 Å². The first-order chi connectivity index (χ1) is 16.0. The largest absolute Gasteiger partial charge is 0.466 e. The van der Waals surface area contributed by atoms with Crippen LogP contribution in [0.4, 0.5) is 22.0 Å². The third-order valence-corrected chi connectivity index (χ3v) is 4.86. The van der Waals surface area contributed by atoms with Gasteiger partial charge in [-0.3, -0.25) is 0 Å². The van der Waals surface area contributed by atoms with E-state index in [2.05, 4.69) is 14.8 Å². The van der Waals surface area contributed by atoms with Crippen LogP contribution in [0, 0.1) is 29.1 Å². The van der Waals surface area contributed by atoms with Crippen molar-refractivity contribution in [3.63, 3.8) is 0 Å². The number of dihydropyridines is 1. The summed E-state index contributed by atoms with van der Waals surface area (Å²) in [7, 11) is 1.86. The molecule has 1 aliphatic rings. The Kier molecular flexibility index (Phi) is 9.13. The quantitative estimate of drug-likeness (QED) is 0.177. The lowest BCUT2D eigenvalue weighted by Gasteiger charge is -2.32. The van der Waals surface area contributed by atoms with E-state index in [-0.39, 0.29) is 25.5 Å². The summed E-state index contributed by atoms with van der Waals surface area (Å²) in [6.45, 7) is 2.74. The van der Waals surface area contributed by atoms with Crippen LogP contribution in [-0.4, -0.2) is 58.2 Å². The molecular formula is C21H23F5N2O6. The highest BCUT2D eigenvalue weighted by atomic mass is 19.2. The van der Waals surface area contributed by atoms with Gasteiger partial charge in [-0.1, -0.05) is 0 Å². The van der Waals surface area contributed by atoms with Gasteiger partial charge in [0, 0.05) is 17.8 Å². The van der Waals surface area contributed by atoms with Crippen LogP contribution in [0.2, 0.25) is 0 Å². The predicted octanol–water partition coefficient (Wildman–Crippen LogP) is 2.07. The normalized spacial score (nSPS) is 16.9. The Hall–Kier alpha value is -3.03. The molecule has 0 amide bonds. The molecule has 0 saturated carbocycles. The van der Waals surface area contributed by atoms with Crippen LogP contribution in [0.5, 0.6) is 0 Å². The third-order valence-electron chi connectivity index (χ3n) is 4.86. The average Bonchev–Trinajstić information content (AvgIpc) is 2.82. The molecule has 0 fully saturated rings. The fourth-order valence-corrected chi connectivity index (χ4v) is 3.34. The lowest BCUT2D eigenvalue weighted by molar-refractivity contribution is -0.140. The summed E-state index contributed by atoms with van der Waals surface area (Å²) >= 11 is 0. The molecule has 1 heterocycles. The van der Waals surface area contributed by atoms with Crippen molar-refractivity contribution in [1.29, 1.82) is 0 Å². The van der Waals surface area contributed by atoms with Crippen LogP contribution in [-0.2, 0) is 28.5 Å². The topological polar surface area (TPSA) is 109 Å². The van der Waals surface area contributed by atoms with Crippen LogP contribution in [0.1, 0.15) is 19.4 Å². The summed E-state index contributed by atoms with van der Waals surface area (Å²) in [5, 5.41) is 2.75. The van der Waals surface area contributed by atoms with E-state index in [9.17, 15) is 31.5 Å². The van der Waals surface area contributed by atoms with Crippen molar-refractivity contribution in [2.75, 3.05) is 34.0 Å². The molecule has 188 valence electrons. The maximum absolute atomic E-state index is 14.8. The van der Waals surface area contributed by atoms with E-state index in [1.807, 2.05) is 0 Å². The molecule has 0 aliphatic carbocycles. The number of nitrogens with one attached hydrogen (secondary N) is 1. The monoisotopic (exact) mass is 494 g/mol. The van der Waals surface area contributed by atoms with Gasteiger partial charge in [0.1, 0.15) is 0 Å². The minimum Gasteiger partial charge on any atom is -0.466 e. The lowest BCUT2D eigenvalue weighted by atomic mass is 9.84. The van der Waals surface area contributed by atoms with Crippen LogP contribution < -0.4 is 11.1 Å². The number of carbonyl (C=O) groups excluding carboxylic acids is 2. The third kappa shape index (κ3) is 5.21. The Morgan fingerprint density at radius 2 is 1.47 bits per heavy atom. The molecular weight excluding hydrogens is 471 g/mol. The molecule has 8 nitrogen and oxygen atoms in total. The molecule has 0 saturated heterocycles. The Balaban J connectivity index is 2.82. The molecule has 34 heavy (non-hydrogen) atoms. The molecule has 0 radical (unpaired) electrons. The molecule has 0 spiro atoms. The van der Waals surface area contributed by atoms with E-state index in [1.54, 1.807) is 0 Å². The molecule has 2 atom stereocenters. The smallest absolute Gasteiger partial charge is 0.340 e. The number of benzene rings is 1. The number of esters is 2. The van der Waals surface area contributed by atoms with Crippen LogP contribution in [0.3, 0.4) is 0 Å². The van der Waals surface area contributed by atoms with E-state index in [0.717, 1.165) is 14.2 Å². The zero-order valence-electron chi connectivity index (χ0n) is 18.7. The van der Waals surface area contributed by atoms with Gasteiger partial charge in [0.15, 0.2) is 29.6 Å². The molecule has 2 rings (SSSR count). The second kappa shape index (κ2) is 11.4. The highest BCUT2D eigenvalue weighted by molar-refractivity contribution is 6.14. The van der Waals surface area contributed by atoms with Gasteiger partial charge in [0.2, 0.25) is 5.82 Å². The van der Waals surface area contributed by atoms with Crippen molar-refractivity contribution in [1.82, 2.24) is 5.32 Å². The first-order valence-corrected chi connectivity index (χ1v) is 9.85. The molecule has 1 aromatic rings. The summed E-state index contributed by atoms with van der Waals surface area (Å²) in [5.74, 6) is -13.8. The highest BCUT2D eigenvalue weighted by Gasteiger charge is 2.40. The van der Waals surface area contributed by atoms with Gasteiger partial charge in [0.25, 0.3) is 0 Å². The van der Waals surface area contributed by atoms with Gasteiger partial charge in [-0.2, -0.15) is 0 Å². The number of hydrogen-bond acceptors (Lipinski definition) is 8. The Morgan fingerprint density at radius 3 is 1.97 bits per heavy atom. The Bertz CT molecular complexity index is 1010. The van der Waals surface area contributed by atoms with E-state index in [4.69, 9.17) is 15.2 Å². The first-order valence-electron chi connectivity index (χ1n) is 9.85. The van der Waals surface area contributed by atoms with Crippen molar-refractivity contribution < 1.29 is 50.5 Å². The maximum Gasteiger partial charge on any atom is 0.340 e. The molecule has 1 aliphatic heterocycles. The van der Waals surface area contributed by atoms with E-state index >= 15 is 0 Å². The fraction of sp³-hybridized carbons (Fsp3) is 0.429. The molecule has 1 aromatic carbocycles. The van der Waals surface area contributed by atoms with Crippen LogP contribution >= 0.6 is 0 Å². The number of hydrogen-bond donors (Lipinski definition) is 2. The summed E-state index contributed by atoms with van der Waals surface area (Å²) in [6.07, 6.45) is -0.840. The second-order valence-corrected chi connectivity index (χ2v) is 6.97. The molecule has 0 aromatic heterocycles. The maximum atomic E-state index is 14.8. The fourth-order valence-electron chi connectivity index (χ4n) is 3.34. The number of carbonyl (C=O) groups is 2. The van der Waals surface area contributed by atoms with Crippen molar-refractivity contribution in [3.8, 4) is 0 Å². The minimum atomic E-state index is -2.40.